The van der Waals surface area contributed by atoms with Crippen LogP contribution in [0, 0.1) is 11.8 Å². The second-order valence-corrected chi connectivity index (χ2v) is 7.56. The Labute approximate surface area is 159 Å². The summed E-state index contributed by atoms with van der Waals surface area (Å²) in [6, 6.07) is 7.68. The molecule has 1 fully saturated rings. The third kappa shape index (κ3) is 2.32. The normalized spacial score (nSPS) is 29.0. The predicted molar refractivity (Wildman–Crippen MR) is 103 cm³/mol. The van der Waals surface area contributed by atoms with Crippen molar-refractivity contribution in [2.24, 2.45) is 27.7 Å². The maximum atomic E-state index is 11.2. The van der Waals surface area contributed by atoms with Crippen molar-refractivity contribution >= 4 is 40.5 Å². The van der Waals surface area contributed by atoms with Crippen molar-refractivity contribution in [3.05, 3.63) is 58.8 Å². The number of nitrogens with one attached hydrogen (secondary N) is 1. The minimum absolute atomic E-state index is 0.0746. The third-order valence-electron chi connectivity index (χ3n) is 5.54. The molecule has 1 atom stereocenters. The van der Waals surface area contributed by atoms with E-state index in [1.807, 2.05) is 24.3 Å². The number of hydrogen-bond donors (Lipinski definition) is 3. The minimum Gasteiger partial charge on any atom is -0.481 e. The number of fused-ring (bicyclic) bond motifs is 2. The summed E-state index contributed by atoms with van der Waals surface area (Å²) in [5.74, 6) is 6.36. The molecule has 27 heavy (non-hydrogen) atoms. The van der Waals surface area contributed by atoms with Gasteiger partial charge in [0.05, 0.1) is 28.9 Å². The highest BCUT2D eigenvalue weighted by Crippen LogP contribution is 2.45. The van der Waals surface area contributed by atoms with E-state index in [0.717, 1.165) is 28.0 Å². The molecule has 7 nitrogen and oxygen atoms in total. The Morgan fingerprint density at radius 3 is 2.93 bits per heavy atom. The van der Waals surface area contributed by atoms with Crippen molar-refractivity contribution in [1.29, 1.82) is 0 Å². The molecule has 0 saturated heterocycles. The van der Waals surface area contributed by atoms with Crippen LogP contribution in [-0.2, 0) is 4.79 Å². The number of para-hydroxylation sites is 1. The summed E-state index contributed by atoms with van der Waals surface area (Å²) < 4.78 is -0.0858. The summed E-state index contributed by atoms with van der Waals surface area (Å²) in [6.45, 7) is 0. The monoisotopic (exact) mass is 382 g/mol. The fourth-order valence-corrected chi connectivity index (χ4v) is 4.20. The molecule has 1 aromatic carbocycles. The van der Waals surface area contributed by atoms with Gasteiger partial charge in [-0.3, -0.25) is 9.79 Å². The lowest BCUT2D eigenvalue weighted by molar-refractivity contribution is -0.750. The number of H-pyrrole nitrogens is 1. The fourth-order valence-electron chi connectivity index (χ4n) is 3.97. The van der Waals surface area contributed by atoms with E-state index in [1.165, 1.54) is 0 Å². The summed E-state index contributed by atoms with van der Waals surface area (Å²) >= 11 is 6.30. The SMILES string of the molecule is N[N+]12C=CN=CC1=C(C1CC(C(=O)O)C1)N=C2c1cc2cccc(Cl)c2[nH]1. The maximum Gasteiger partial charge on any atom is 0.306 e. The van der Waals surface area contributed by atoms with Gasteiger partial charge in [0, 0.05) is 11.3 Å². The van der Waals surface area contributed by atoms with Gasteiger partial charge in [-0.25, -0.2) is 0 Å². The van der Waals surface area contributed by atoms with Gasteiger partial charge < -0.3 is 10.1 Å². The maximum absolute atomic E-state index is 11.2. The number of aromatic amines is 1. The van der Waals surface area contributed by atoms with Crippen LogP contribution in [-0.4, -0.2) is 32.7 Å². The highest BCUT2D eigenvalue weighted by Gasteiger charge is 2.49. The van der Waals surface area contributed by atoms with E-state index in [4.69, 9.17) is 22.4 Å². The number of carboxylic acid groups (broad SMARTS) is 1. The van der Waals surface area contributed by atoms with Crippen molar-refractivity contribution in [3.8, 4) is 0 Å². The van der Waals surface area contributed by atoms with Gasteiger partial charge in [0.15, 0.2) is 0 Å². The number of aliphatic carboxylic acids is 1. The predicted octanol–water partition coefficient (Wildman–Crippen LogP) is 3.15. The number of hydrogen-bond acceptors (Lipinski definition) is 4. The summed E-state index contributed by atoms with van der Waals surface area (Å²) in [5, 5.41) is 10.8. The second kappa shape index (κ2) is 5.63. The highest BCUT2D eigenvalue weighted by atomic mass is 35.5. The van der Waals surface area contributed by atoms with Gasteiger partial charge in [0.25, 0.3) is 5.84 Å². The number of nitrogens with zero attached hydrogens (tertiary/aromatic N) is 3. The molecule has 136 valence electrons. The zero-order valence-electron chi connectivity index (χ0n) is 14.3. The molecule has 4 N–H and O–H groups in total. The minimum atomic E-state index is -0.755. The standard InChI is InChI=1S/C19H16ClN5O2/c20-13-3-1-2-10-8-14(23-16(10)13)18-24-17(11-6-12(7-11)19(26)27)15-9-22-4-5-25(15,18)21/h1-5,8-9,11-12H,6-7,21H2,(H-,22,23,24,26,27)/p+1. The summed E-state index contributed by atoms with van der Waals surface area (Å²) in [4.78, 5) is 23.6. The molecule has 3 aliphatic rings. The summed E-state index contributed by atoms with van der Waals surface area (Å²) in [7, 11) is 0. The summed E-state index contributed by atoms with van der Waals surface area (Å²) in [5.41, 5.74) is 3.22. The lowest BCUT2D eigenvalue weighted by atomic mass is 9.73. The number of benzene rings is 1. The number of amidine groups is 1. The summed E-state index contributed by atoms with van der Waals surface area (Å²) in [6.07, 6.45) is 6.29. The van der Waals surface area contributed by atoms with Crippen LogP contribution in [0.4, 0.5) is 0 Å². The molecule has 2 aliphatic heterocycles. The van der Waals surface area contributed by atoms with Crippen molar-refractivity contribution in [2.45, 2.75) is 12.8 Å². The Kier molecular flexibility index (Phi) is 3.42. The van der Waals surface area contributed by atoms with E-state index >= 15 is 0 Å². The lowest BCUT2D eigenvalue weighted by Gasteiger charge is -2.32. The molecule has 0 spiro atoms. The molecule has 3 heterocycles. The Morgan fingerprint density at radius 1 is 1.37 bits per heavy atom. The molecule has 1 aromatic heterocycles. The van der Waals surface area contributed by atoms with Gasteiger partial charge in [0.2, 0.25) is 5.70 Å². The zero-order valence-corrected chi connectivity index (χ0v) is 15.0. The number of allylic oxidation sites excluding steroid dienone is 2. The molecule has 1 aliphatic carbocycles. The molecule has 5 rings (SSSR count). The van der Waals surface area contributed by atoms with Crippen LogP contribution in [0.2, 0.25) is 5.02 Å². The van der Waals surface area contributed by atoms with Crippen molar-refractivity contribution in [2.75, 3.05) is 0 Å². The number of aromatic nitrogens is 1. The number of carbonyl (C=O) groups is 1. The van der Waals surface area contributed by atoms with E-state index < -0.39 is 5.97 Å². The molecule has 2 aromatic rings. The van der Waals surface area contributed by atoms with Crippen LogP contribution < -0.4 is 5.84 Å². The van der Waals surface area contributed by atoms with Gasteiger partial charge >= 0.3 is 5.97 Å². The Morgan fingerprint density at radius 2 is 2.19 bits per heavy atom. The van der Waals surface area contributed by atoms with E-state index in [0.29, 0.717) is 23.7 Å². The van der Waals surface area contributed by atoms with E-state index in [-0.39, 0.29) is 16.4 Å². The smallest absolute Gasteiger partial charge is 0.306 e. The molecule has 0 amide bonds. The Balaban J connectivity index is 1.59. The number of rotatable bonds is 3. The van der Waals surface area contributed by atoms with E-state index in [1.54, 1.807) is 18.6 Å². The van der Waals surface area contributed by atoms with Crippen molar-refractivity contribution in [1.82, 2.24) is 4.98 Å². The molecule has 1 unspecified atom stereocenters. The first kappa shape index (κ1) is 16.4. The molecule has 0 bridgehead atoms. The van der Waals surface area contributed by atoms with Crippen LogP contribution in [0.1, 0.15) is 18.5 Å². The van der Waals surface area contributed by atoms with Gasteiger partial charge in [-0.05, 0) is 25.0 Å². The number of aliphatic imine (C=N–C) groups is 2. The average Bonchev–Trinajstić information content (AvgIpc) is 3.13. The first-order valence-corrected chi connectivity index (χ1v) is 9.08. The largest absolute Gasteiger partial charge is 0.481 e. The Hall–Kier alpha value is -2.74. The van der Waals surface area contributed by atoms with Crippen molar-refractivity contribution in [3.63, 3.8) is 0 Å². The quantitative estimate of drug-likeness (QED) is 0.561. The highest BCUT2D eigenvalue weighted by molar-refractivity contribution is 6.35. The molecular formula is C19H17ClN5O2+. The second-order valence-electron chi connectivity index (χ2n) is 7.15. The number of nitrogens with two attached hydrogens (primary N) is 1. The van der Waals surface area contributed by atoms with E-state index in [2.05, 4.69) is 9.98 Å². The number of quaternary nitrogens is 1. The first-order chi connectivity index (χ1) is 13.0. The molecule has 0 radical (unpaired) electrons. The molecular weight excluding hydrogens is 366 g/mol. The number of halogens is 1. The number of carboxylic acids is 1. The zero-order chi connectivity index (χ0) is 18.8. The van der Waals surface area contributed by atoms with Gasteiger partial charge in [-0.2, -0.15) is 10.8 Å². The lowest BCUT2D eigenvalue weighted by Crippen LogP contribution is -2.53. The average molecular weight is 383 g/mol. The topological polar surface area (TPSA) is 104 Å². The molecule has 8 heteroatoms. The van der Waals surface area contributed by atoms with Crippen LogP contribution in [0.25, 0.3) is 10.9 Å². The van der Waals surface area contributed by atoms with Crippen LogP contribution in [0.5, 0.6) is 0 Å². The third-order valence-corrected chi connectivity index (χ3v) is 5.86. The van der Waals surface area contributed by atoms with Crippen LogP contribution >= 0.6 is 11.6 Å². The van der Waals surface area contributed by atoms with Gasteiger partial charge in [0.1, 0.15) is 17.6 Å². The first-order valence-electron chi connectivity index (χ1n) is 8.70. The van der Waals surface area contributed by atoms with Crippen LogP contribution in [0.15, 0.2) is 58.0 Å². The van der Waals surface area contributed by atoms with Crippen LogP contribution in [0.3, 0.4) is 0 Å². The van der Waals surface area contributed by atoms with Gasteiger partial charge in [-0.15, -0.1) is 4.59 Å². The van der Waals surface area contributed by atoms with E-state index in [9.17, 15) is 9.90 Å². The molecule has 1 saturated carbocycles. The Bertz CT molecular complexity index is 1110. The van der Waals surface area contributed by atoms with Gasteiger partial charge in [-0.1, -0.05) is 23.7 Å². The van der Waals surface area contributed by atoms with Crippen molar-refractivity contribution < 1.29 is 14.5 Å². The fraction of sp³-hybridized carbons (Fsp3) is 0.211.